The number of para-hydroxylation sites is 1. The molecule has 3 aromatic carbocycles. The van der Waals surface area contributed by atoms with E-state index in [-0.39, 0.29) is 17.8 Å². The predicted octanol–water partition coefficient (Wildman–Crippen LogP) is 6.39. The molecule has 0 unspecified atom stereocenters. The normalized spacial score (nSPS) is 15.1. The van der Waals surface area contributed by atoms with Gasteiger partial charge >= 0.3 is 6.03 Å². The van der Waals surface area contributed by atoms with E-state index < -0.39 is 0 Å². The molecule has 2 aliphatic heterocycles. The van der Waals surface area contributed by atoms with E-state index in [1.54, 1.807) is 23.5 Å². The van der Waals surface area contributed by atoms with E-state index in [2.05, 4.69) is 53.8 Å². The van der Waals surface area contributed by atoms with Crippen molar-refractivity contribution < 1.29 is 14.4 Å². The number of nitrogens with one attached hydrogen (secondary N) is 3. The van der Waals surface area contributed by atoms with E-state index in [1.165, 1.54) is 0 Å². The summed E-state index contributed by atoms with van der Waals surface area (Å²) in [6, 6.07) is 27.1. The molecular formula is C40H41N9O3. The Kier molecular flexibility index (Phi) is 10.2. The first-order valence-corrected chi connectivity index (χ1v) is 17.5. The van der Waals surface area contributed by atoms with E-state index in [9.17, 15) is 14.4 Å². The molecule has 0 aliphatic carbocycles. The van der Waals surface area contributed by atoms with E-state index >= 15 is 0 Å². The number of anilines is 5. The van der Waals surface area contributed by atoms with Gasteiger partial charge in [0.25, 0.3) is 5.91 Å². The van der Waals surface area contributed by atoms with Crippen molar-refractivity contribution in [3.05, 3.63) is 120 Å². The highest BCUT2D eigenvalue weighted by molar-refractivity contribution is 6.06. The molecule has 5 aromatic rings. The first-order chi connectivity index (χ1) is 25.3. The van der Waals surface area contributed by atoms with Gasteiger partial charge in [-0.05, 0) is 98.6 Å². The van der Waals surface area contributed by atoms with Crippen molar-refractivity contribution in [3.63, 3.8) is 0 Å². The quantitative estimate of drug-likeness (QED) is 0.152. The molecular weight excluding hydrogens is 654 g/mol. The number of aromatic nitrogens is 3. The Balaban J connectivity index is 0.930. The Bertz CT molecular complexity index is 2070. The predicted molar refractivity (Wildman–Crippen MR) is 203 cm³/mol. The molecule has 0 spiro atoms. The van der Waals surface area contributed by atoms with Gasteiger partial charge in [0.05, 0.1) is 5.69 Å². The van der Waals surface area contributed by atoms with Crippen LogP contribution < -0.4 is 25.8 Å². The lowest BCUT2D eigenvalue weighted by Gasteiger charge is -2.38. The van der Waals surface area contributed by atoms with Crippen molar-refractivity contribution in [2.45, 2.75) is 38.8 Å². The molecule has 3 N–H and O–H groups in total. The standard InChI is InChI=1S/C40H41N9O3/c1-27-9-12-31(24-35(27)45-39-42-20-15-34(44-39)29-7-5-19-41-25-29)43-38(51)28-10-13-33(14-11-28)48-21-16-32(17-22-48)47(2)26-30-6-3-4-8-36(30)49-23-18-37(50)46-40(49)52/h3-15,19-20,24-25,32H,16-18,21-23,26H2,1-2H3,(H,43,51)(H,42,44,45)(H,46,50,52). The molecule has 0 radical (unpaired) electrons. The van der Waals surface area contributed by atoms with Crippen molar-refractivity contribution in [1.29, 1.82) is 0 Å². The second kappa shape index (κ2) is 15.4. The van der Waals surface area contributed by atoms with Crippen LogP contribution in [0.5, 0.6) is 0 Å². The Hall–Kier alpha value is -6.14. The smallest absolute Gasteiger partial charge is 0.328 e. The summed E-state index contributed by atoms with van der Waals surface area (Å²) < 4.78 is 0. The summed E-state index contributed by atoms with van der Waals surface area (Å²) in [7, 11) is 2.13. The summed E-state index contributed by atoms with van der Waals surface area (Å²) in [5.41, 5.74) is 7.67. The third kappa shape index (κ3) is 7.92. The van der Waals surface area contributed by atoms with Crippen LogP contribution in [0.3, 0.4) is 0 Å². The fourth-order valence-corrected chi connectivity index (χ4v) is 6.74. The van der Waals surface area contributed by atoms with Crippen LogP contribution in [0, 0.1) is 6.92 Å². The number of piperidine rings is 1. The molecule has 12 nitrogen and oxygen atoms in total. The van der Waals surface area contributed by atoms with Crippen molar-refractivity contribution in [3.8, 4) is 11.3 Å². The van der Waals surface area contributed by atoms with Gasteiger partial charge < -0.3 is 15.5 Å². The Morgan fingerprint density at radius 2 is 1.75 bits per heavy atom. The Labute approximate surface area is 302 Å². The number of benzene rings is 3. The highest BCUT2D eigenvalue weighted by Gasteiger charge is 2.28. The molecule has 2 fully saturated rings. The van der Waals surface area contributed by atoms with Crippen LogP contribution in [-0.2, 0) is 11.3 Å². The number of hydrogen-bond donors (Lipinski definition) is 3. The molecule has 264 valence electrons. The van der Waals surface area contributed by atoms with Gasteiger partial charge in [-0.1, -0.05) is 24.3 Å². The van der Waals surface area contributed by atoms with Crippen LogP contribution in [-0.4, -0.2) is 70.4 Å². The largest absolute Gasteiger partial charge is 0.371 e. The number of carbonyl (C=O) groups excluding carboxylic acids is 3. The van der Waals surface area contributed by atoms with Crippen molar-refractivity contribution >= 4 is 46.5 Å². The minimum Gasteiger partial charge on any atom is -0.371 e. The third-order valence-electron chi connectivity index (χ3n) is 9.69. The lowest BCUT2D eigenvalue weighted by molar-refractivity contribution is -0.120. The lowest BCUT2D eigenvalue weighted by atomic mass is 10.0. The van der Waals surface area contributed by atoms with Gasteiger partial charge in [0.15, 0.2) is 0 Å². The molecule has 0 atom stereocenters. The van der Waals surface area contributed by atoms with Crippen molar-refractivity contribution in [2.24, 2.45) is 0 Å². The number of carbonyl (C=O) groups is 3. The topological polar surface area (TPSA) is 136 Å². The van der Waals surface area contributed by atoms with Gasteiger partial charge in [0.2, 0.25) is 11.9 Å². The van der Waals surface area contributed by atoms with Gasteiger partial charge in [-0.2, -0.15) is 0 Å². The molecule has 4 amide bonds. The zero-order chi connectivity index (χ0) is 36.0. The maximum Gasteiger partial charge on any atom is 0.328 e. The maximum atomic E-state index is 13.3. The van der Waals surface area contributed by atoms with Crippen LogP contribution in [0.15, 0.2) is 104 Å². The summed E-state index contributed by atoms with van der Waals surface area (Å²) in [4.78, 5) is 57.0. The summed E-state index contributed by atoms with van der Waals surface area (Å²) in [6.45, 7) is 4.86. The molecule has 12 heteroatoms. The van der Waals surface area contributed by atoms with E-state index in [0.29, 0.717) is 42.8 Å². The van der Waals surface area contributed by atoms with Gasteiger partial charge in [-0.15, -0.1) is 0 Å². The average Bonchev–Trinajstić information content (AvgIpc) is 3.17. The van der Waals surface area contributed by atoms with E-state index in [0.717, 1.165) is 65.4 Å². The van der Waals surface area contributed by atoms with Crippen LogP contribution >= 0.6 is 0 Å². The van der Waals surface area contributed by atoms with Crippen molar-refractivity contribution in [1.82, 2.24) is 25.2 Å². The van der Waals surface area contributed by atoms with Gasteiger partial charge in [0, 0.05) is 91.1 Å². The van der Waals surface area contributed by atoms with Gasteiger partial charge in [0.1, 0.15) is 0 Å². The van der Waals surface area contributed by atoms with Crippen molar-refractivity contribution in [2.75, 3.05) is 47.1 Å². The molecule has 2 aromatic heterocycles. The summed E-state index contributed by atoms with van der Waals surface area (Å²) >= 11 is 0. The number of hydrogen-bond acceptors (Lipinski definition) is 9. The van der Waals surface area contributed by atoms with E-state index in [4.69, 9.17) is 0 Å². The summed E-state index contributed by atoms with van der Waals surface area (Å²) in [5, 5.41) is 8.75. The fraction of sp³-hybridized carbons (Fsp3) is 0.250. The highest BCUT2D eigenvalue weighted by Crippen LogP contribution is 2.28. The number of aryl methyl sites for hydroxylation is 1. The number of amides is 4. The SMILES string of the molecule is Cc1ccc(NC(=O)c2ccc(N3CCC(N(C)Cc4ccccc4N4CCC(=O)NC4=O)CC3)cc2)cc1Nc1nccc(-c2cccnc2)n1. The number of nitrogens with zero attached hydrogens (tertiary/aromatic N) is 6. The molecule has 2 aliphatic rings. The highest BCUT2D eigenvalue weighted by atomic mass is 16.2. The zero-order valence-corrected chi connectivity index (χ0v) is 29.3. The maximum absolute atomic E-state index is 13.3. The Morgan fingerprint density at radius 3 is 2.52 bits per heavy atom. The molecule has 52 heavy (non-hydrogen) atoms. The Morgan fingerprint density at radius 1 is 0.942 bits per heavy atom. The average molecular weight is 696 g/mol. The molecule has 0 bridgehead atoms. The monoisotopic (exact) mass is 695 g/mol. The fourth-order valence-electron chi connectivity index (χ4n) is 6.74. The minimum absolute atomic E-state index is 0.189. The third-order valence-corrected chi connectivity index (χ3v) is 9.69. The summed E-state index contributed by atoms with van der Waals surface area (Å²) in [5.74, 6) is 0.0276. The second-order valence-electron chi connectivity index (χ2n) is 13.2. The molecule has 4 heterocycles. The van der Waals surface area contributed by atoms with Gasteiger partial charge in [-0.25, -0.2) is 14.8 Å². The first kappa shape index (κ1) is 34.3. The second-order valence-corrected chi connectivity index (χ2v) is 13.2. The number of rotatable bonds is 10. The number of pyridine rings is 1. The lowest BCUT2D eigenvalue weighted by Crippen LogP contribution is -2.50. The van der Waals surface area contributed by atoms with Crippen LogP contribution in [0.25, 0.3) is 11.3 Å². The zero-order valence-electron chi connectivity index (χ0n) is 29.3. The number of urea groups is 1. The first-order valence-electron chi connectivity index (χ1n) is 17.5. The summed E-state index contributed by atoms with van der Waals surface area (Å²) in [6.07, 6.45) is 7.46. The van der Waals surface area contributed by atoms with Gasteiger partial charge in [-0.3, -0.25) is 29.7 Å². The molecule has 0 saturated carbocycles. The van der Waals surface area contributed by atoms with Crippen LogP contribution in [0.4, 0.5) is 33.5 Å². The van der Waals surface area contributed by atoms with Crippen LogP contribution in [0.2, 0.25) is 0 Å². The molecule has 7 rings (SSSR count). The van der Waals surface area contributed by atoms with Crippen LogP contribution in [0.1, 0.15) is 40.7 Å². The minimum atomic E-state index is -0.365. The van der Waals surface area contributed by atoms with E-state index in [1.807, 2.05) is 85.8 Å². The number of imide groups is 1. The molecule has 2 saturated heterocycles.